The average molecular weight is 553 g/mol. The van der Waals surface area contributed by atoms with Crippen molar-refractivity contribution in [3.8, 4) is 17.0 Å². The van der Waals surface area contributed by atoms with Crippen LogP contribution in [0.25, 0.3) is 22.0 Å². The molecule has 0 aliphatic carbocycles. The van der Waals surface area contributed by atoms with Crippen molar-refractivity contribution in [1.82, 2.24) is 15.3 Å². The van der Waals surface area contributed by atoms with Crippen LogP contribution in [0.1, 0.15) is 75.2 Å². The summed E-state index contributed by atoms with van der Waals surface area (Å²) >= 11 is 0. The summed E-state index contributed by atoms with van der Waals surface area (Å²) in [4.78, 5) is 45.8. The fourth-order valence-electron chi connectivity index (χ4n) is 5.39. The Morgan fingerprint density at radius 1 is 1.02 bits per heavy atom. The van der Waals surface area contributed by atoms with Crippen LogP contribution >= 0.6 is 0 Å². The lowest BCUT2D eigenvalue weighted by atomic mass is 9.96. The van der Waals surface area contributed by atoms with Crippen LogP contribution < -0.4 is 15.4 Å². The van der Waals surface area contributed by atoms with Gasteiger partial charge in [0.25, 0.3) is 0 Å². The highest BCUT2D eigenvalue weighted by Crippen LogP contribution is 2.37. The molecule has 1 aliphatic heterocycles. The van der Waals surface area contributed by atoms with E-state index in [2.05, 4.69) is 50.9 Å². The van der Waals surface area contributed by atoms with Gasteiger partial charge in [0.15, 0.2) is 0 Å². The molecule has 212 valence electrons. The first kappa shape index (κ1) is 28.1. The fraction of sp³-hybridized carbons (Fsp3) is 0.333. The zero-order valence-electron chi connectivity index (χ0n) is 23.5. The molecule has 8 nitrogen and oxygen atoms in total. The molecule has 0 fully saturated rings. The number of aromatic nitrogens is 2. The largest absolute Gasteiger partial charge is 0.497 e. The number of imidazole rings is 1. The van der Waals surface area contributed by atoms with Gasteiger partial charge in [-0.15, -0.1) is 0 Å². The molecule has 1 unspecified atom stereocenters. The Morgan fingerprint density at radius 2 is 1.85 bits per heavy atom. The third kappa shape index (κ3) is 6.65. The minimum atomic E-state index is -0.592. The molecule has 0 spiro atoms. The number of rotatable bonds is 13. The number of Topliss-reactive ketones (excluding diaryl/α,β-unsaturated/α-hetero) is 1. The SMILES string of the molecule is CCC(=O)CCCCC[C@H](NC(=O)CC1C(=O)Nc2ccc(OC)cc21)c1ncc(-c2ccc3ccccc3c2)[nH]1. The van der Waals surface area contributed by atoms with Crippen molar-refractivity contribution < 1.29 is 19.1 Å². The molecule has 0 radical (unpaired) electrons. The normalized spacial score (nSPS) is 14.9. The molecule has 5 rings (SSSR count). The number of unbranched alkanes of at least 4 members (excludes halogenated alkanes) is 2. The second-order valence-electron chi connectivity index (χ2n) is 10.6. The van der Waals surface area contributed by atoms with Gasteiger partial charge in [0.1, 0.15) is 17.4 Å². The quantitative estimate of drug-likeness (QED) is 0.165. The van der Waals surface area contributed by atoms with Crippen molar-refractivity contribution in [3.63, 3.8) is 0 Å². The Labute approximate surface area is 239 Å². The molecule has 3 N–H and O–H groups in total. The predicted molar refractivity (Wildman–Crippen MR) is 160 cm³/mol. The number of amides is 2. The Bertz CT molecular complexity index is 1560. The maximum absolute atomic E-state index is 13.3. The number of anilines is 1. The van der Waals surface area contributed by atoms with Gasteiger partial charge in [-0.25, -0.2) is 4.98 Å². The smallest absolute Gasteiger partial charge is 0.232 e. The second-order valence-corrected chi connectivity index (χ2v) is 10.6. The van der Waals surface area contributed by atoms with Crippen LogP contribution in [0.4, 0.5) is 5.69 Å². The van der Waals surface area contributed by atoms with Crippen molar-refractivity contribution in [1.29, 1.82) is 0 Å². The Kier molecular flexibility index (Phi) is 8.77. The van der Waals surface area contributed by atoms with E-state index in [4.69, 9.17) is 4.74 Å². The van der Waals surface area contributed by atoms with E-state index in [1.165, 1.54) is 0 Å². The molecule has 1 aromatic heterocycles. The number of nitrogens with one attached hydrogen (secondary N) is 3. The number of nitrogens with zero attached hydrogens (tertiary/aromatic N) is 1. The van der Waals surface area contributed by atoms with E-state index < -0.39 is 5.92 Å². The highest BCUT2D eigenvalue weighted by Gasteiger charge is 2.33. The average Bonchev–Trinajstić information content (AvgIpc) is 3.60. The van der Waals surface area contributed by atoms with E-state index in [9.17, 15) is 14.4 Å². The van der Waals surface area contributed by atoms with Gasteiger partial charge in [-0.05, 0) is 53.4 Å². The van der Waals surface area contributed by atoms with Crippen molar-refractivity contribution >= 4 is 34.1 Å². The minimum Gasteiger partial charge on any atom is -0.497 e. The summed E-state index contributed by atoms with van der Waals surface area (Å²) in [6.07, 6.45) is 6.17. The van der Waals surface area contributed by atoms with Crippen LogP contribution in [0.2, 0.25) is 0 Å². The summed E-state index contributed by atoms with van der Waals surface area (Å²) in [5, 5.41) is 8.30. The van der Waals surface area contributed by atoms with Crippen LogP contribution in [0.15, 0.2) is 66.9 Å². The Balaban J connectivity index is 1.31. The lowest BCUT2D eigenvalue weighted by Gasteiger charge is -2.18. The number of aromatic amines is 1. The highest BCUT2D eigenvalue weighted by molar-refractivity contribution is 6.05. The van der Waals surface area contributed by atoms with E-state index in [1.54, 1.807) is 25.4 Å². The van der Waals surface area contributed by atoms with Crippen LogP contribution in [-0.4, -0.2) is 34.7 Å². The summed E-state index contributed by atoms with van der Waals surface area (Å²) in [5.41, 5.74) is 3.35. The van der Waals surface area contributed by atoms with Gasteiger partial charge in [0.2, 0.25) is 11.8 Å². The molecule has 2 heterocycles. The minimum absolute atomic E-state index is 0.0196. The summed E-state index contributed by atoms with van der Waals surface area (Å²) < 4.78 is 5.33. The topological polar surface area (TPSA) is 113 Å². The molecule has 41 heavy (non-hydrogen) atoms. The molecule has 0 saturated heterocycles. The number of hydrogen-bond acceptors (Lipinski definition) is 5. The summed E-state index contributed by atoms with van der Waals surface area (Å²) in [5.74, 6) is 0.567. The van der Waals surface area contributed by atoms with Crippen molar-refractivity contribution in [2.24, 2.45) is 0 Å². The number of benzene rings is 3. The summed E-state index contributed by atoms with van der Waals surface area (Å²) in [6, 6.07) is 19.5. The second kappa shape index (κ2) is 12.8. The fourth-order valence-corrected chi connectivity index (χ4v) is 5.39. The van der Waals surface area contributed by atoms with Gasteiger partial charge >= 0.3 is 0 Å². The monoisotopic (exact) mass is 552 g/mol. The molecule has 0 bridgehead atoms. The number of H-pyrrole nitrogens is 1. The molecule has 1 aliphatic rings. The van der Waals surface area contributed by atoms with Gasteiger partial charge in [-0.1, -0.05) is 56.2 Å². The van der Waals surface area contributed by atoms with E-state index >= 15 is 0 Å². The zero-order chi connectivity index (χ0) is 28.8. The van der Waals surface area contributed by atoms with Gasteiger partial charge in [0.05, 0.1) is 31.0 Å². The lowest BCUT2D eigenvalue weighted by Crippen LogP contribution is -2.31. The third-order valence-electron chi connectivity index (χ3n) is 7.76. The Morgan fingerprint density at radius 3 is 2.66 bits per heavy atom. The summed E-state index contributed by atoms with van der Waals surface area (Å²) in [7, 11) is 1.58. The van der Waals surface area contributed by atoms with Crippen molar-refractivity contribution in [2.45, 2.75) is 63.8 Å². The third-order valence-corrected chi connectivity index (χ3v) is 7.76. The Hall–Kier alpha value is -4.46. The molecule has 0 saturated carbocycles. The molecular formula is C33H36N4O4. The number of fused-ring (bicyclic) bond motifs is 2. The number of ketones is 1. The molecule has 3 aromatic carbocycles. The maximum atomic E-state index is 13.3. The number of ether oxygens (including phenoxy) is 1. The number of hydrogen-bond donors (Lipinski definition) is 3. The number of carbonyl (C=O) groups excluding carboxylic acids is 3. The molecule has 8 heteroatoms. The van der Waals surface area contributed by atoms with Crippen LogP contribution in [0, 0.1) is 0 Å². The van der Waals surface area contributed by atoms with Crippen LogP contribution in [0.5, 0.6) is 5.75 Å². The van der Waals surface area contributed by atoms with Crippen LogP contribution in [-0.2, 0) is 14.4 Å². The molecule has 2 atom stereocenters. The van der Waals surface area contributed by atoms with E-state index in [1.807, 2.05) is 25.1 Å². The van der Waals surface area contributed by atoms with E-state index in [-0.39, 0.29) is 30.1 Å². The first-order valence-electron chi connectivity index (χ1n) is 14.3. The van der Waals surface area contributed by atoms with Gasteiger partial charge in [0, 0.05) is 30.5 Å². The van der Waals surface area contributed by atoms with Crippen molar-refractivity contribution in [3.05, 3.63) is 78.2 Å². The van der Waals surface area contributed by atoms with Crippen molar-refractivity contribution in [2.75, 3.05) is 12.4 Å². The number of methoxy groups -OCH3 is 1. The summed E-state index contributed by atoms with van der Waals surface area (Å²) in [6.45, 7) is 1.89. The predicted octanol–water partition coefficient (Wildman–Crippen LogP) is 6.45. The standard InChI is InChI=1S/C33H36N4O4/c1-3-24(38)11-5-4-6-12-29(32-34-20-30(36-32)23-14-13-21-9-7-8-10-22(21)17-23)35-31(39)19-27-26-18-25(41-2)15-16-28(26)37-33(27)40/h7-10,13-18,20,27,29H,3-6,11-12,19H2,1-2H3,(H,34,36)(H,35,39)(H,37,40)/t27?,29-/m0/s1. The van der Waals surface area contributed by atoms with Gasteiger partial charge in [-0.3, -0.25) is 14.4 Å². The number of carbonyl (C=O) groups is 3. The van der Waals surface area contributed by atoms with Crippen LogP contribution in [0.3, 0.4) is 0 Å². The molecule has 4 aromatic rings. The zero-order valence-corrected chi connectivity index (χ0v) is 23.5. The van der Waals surface area contributed by atoms with E-state index in [0.717, 1.165) is 46.9 Å². The van der Waals surface area contributed by atoms with Gasteiger partial charge < -0.3 is 20.4 Å². The maximum Gasteiger partial charge on any atom is 0.232 e. The first-order chi connectivity index (χ1) is 19.9. The first-order valence-corrected chi connectivity index (χ1v) is 14.3. The van der Waals surface area contributed by atoms with Gasteiger partial charge in [-0.2, -0.15) is 0 Å². The lowest BCUT2D eigenvalue weighted by molar-refractivity contribution is -0.125. The molecule has 2 amide bonds. The molecular weight excluding hydrogens is 516 g/mol. The van der Waals surface area contributed by atoms with E-state index in [0.29, 0.717) is 36.5 Å². The highest BCUT2D eigenvalue weighted by atomic mass is 16.5.